The number of nitrogens with zero attached hydrogens (tertiary/aromatic N) is 2. The molecule has 0 fully saturated rings. The van der Waals surface area contributed by atoms with Crippen LogP contribution in [0.4, 0.5) is 14.6 Å². The quantitative estimate of drug-likeness (QED) is 0.428. The summed E-state index contributed by atoms with van der Waals surface area (Å²) in [6.07, 6.45) is 1.36. The molecule has 1 N–H and O–H groups in total. The van der Waals surface area contributed by atoms with Crippen molar-refractivity contribution in [2.45, 2.75) is 19.3 Å². The molecule has 33 heavy (non-hydrogen) atoms. The number of fused-ring (bicyclic) bond motifs is 3. The third-order valence-electron chi connectivity index (χ3n) is 5.53. The van der Waals surface area contributed by atoms with Gasteiger partial charge >= 0.3 is 0 Å². The first-order valence-electron chi connectivity index (χ1n) is 10.4. The fourth-order valence-electron chi connectivity index (χ4n) is 3.93. The van der Waals surface area contributed by atoms with E-state index in [1.807, 2.05) is 35.7 Å². The second-order valence-electron chi connectivity index (χ2n) is 7.69. The third kappa shape index (κ3) is 4.21. The van der Waals surface area contributed by atoms with Crippen LogP contribution in [-0.2, 0) is 24.1 Å². The number of carbonyl (C=O) groups excluding carboxylic acids is 1. The number of methoxy groups -OCH3 is 1. The second-order valence-corrected chi connectivity index (χ2v) is 8.64. The molecule has 1 amide bonds. The lowest BCUT2D eigenvalue weighted by molar-refractivity contribution is -0.115. The Labute approximate surface area is 193 Å². The lowest BCUT2D eigenvalue weighted by Gasteiger charge is -2.21. The predicted molar refractivity (Wildman–Crippen MR) is 123 cm³/mol. The minimum absolute atomic E-state index is 0.109. The predicted octanol–water partition coefficient (Wildman–Crippen LogP) is 5.44. The zero-order valence-electron chi connectivity index (χ0n) is 17.7. The number of halogens is 2. The minimum atomic E-state index is -0.983. The summed E-state index contributed by atoms with van der Waals surface area (Å²) in [6.45, 7) is 0. The molecule has 0 radical (unpaired) electrons. The van der Waals surface area contributed by atoms with Crippen LogP contribution in [0.2, 0.25) is 0 Å². The Kier molecular flexibility index (Phi) is 5.60. The molecule has 2 aromatic heterocycles. The van der Waals surface area contributed by atoms with E-state index in [0.29, 0.717) is 23.5 Å². The van der Waals surface area contributed by atoms with E-state index in [1.54, 1.807) is 7.11 Å². The Morgan fingerprint density at radius 1 is 1.06 bits per heavy atom. The molecule has 0 bridgehead atoms. The molecule has 0 saturated heterocycles. The summed E-state index contributed by atoms with van der Waals surface area (Å²) < 4.78 is 32.1. The molecular weight excluding hydrogens is 444 g/mol. The molecule has 5 rings (SSSR count). The maximum absolute atomic E-state index is 13.5. The molecule has 5 nitrogen and oxygen atoms in total. The molecule has 0 aliphatic heterocycles. The second kappa shape index (κ2) is 8.71. The van der Waals surface area contributed by atoms with Crippen molar-refractivity contribution in [3.63, 3.8) is 0 Å². The zero-order valence-corrected chi connectivity index (χ0v) is 18.5. The average molecular weight is 464 g/mol. The van der Waals surface area contributed by atoms with Gasteiger partial charge in [-0.1, -0.05) is 12.1 Å². The van der Waals surface area contributed by atoms with E-state index in [2.05, 4.69) is 5.32 Å². The molecule has 0 saturated carbocycles. The fraction of sp³-hybridized carbons (Fsp3) is 0.160. The van der Waals surface area contributed by atoms with E-state index < -0.39 is 11.6 Å². The van der Waals surface area contributed by atoms with Crippen molar-refractivity contribution in [2.75, 3.05) is 12.4 Å². The maximum Gasteiger partial charge on any atom is 0.230 e. The monoisotopic (exact) mass is 463 g/mol. The van der Waals surface area contributed by atoms with Gasteiger partial charge in [-0.2, -0.15) is 0 Å². The van der Waals surface area contributed by atoms with Gasteiger partial charge in [0.1, 0.15) is 11.4 Å². The third-order valence-corrected chi connectivity index (χ3v) is 6.40. The highest BCUT2D eigenvalue weighted by atomic mass is 32.1. The fourth-order valence-corrected chi connectivity index (χ4v) is 4.65. The van der Waals surface area contributed by atoms with Gasteiger partial charge in [0.2, 0.25) is 5.91 Å². The number of benzene rings is 2. The molecular formula is C25H19F2N3O2S. The summed E-state index contributed by atoms with van der Waals surface area (Å²) >= 11 is 1.50. The number of rotatable bonds is 5. The van der Waals surface area contributed by atoms with E-state index >= 15 is 0 Å². The Bertz CT molecular complexity index is 1360. The summed E-state index contributed by atoms with van der Waals surface area (Å²) in [6, 6.07) is 13.2. The molecule has 4 aromatic rings. The Morgan fingerprint density at radius 3 is 2.70 bits per heavy atom. The lowest BCUT2D eigenvalue weighted by atomic mass is 9.91. The summed E-state index contributed by atoms with van der Waals surface area (Å²) in [4.78, 5) is 23.3. The SMILES string of the molecule is COc1ccc2c(c1)CCc1nc(NC(=O)Cc3ccc(F)c(F)c3)c(-c3cccs3)nc1-2. The molecule has 166 valence electrons. The highest BCUT2D eigenvalue weighted by molar-refractivity contribution is 7.13. The standard InChI is InChI=1S/C25H19F2N3O2S/c1-32-16-6-7-17-15(13-16)5-9-20-23(17)30-24(21-3-2-10-33-21)25(28-20)29-22(31)12-14-4-8-18(26)19(27)11-14/h2-4,6-8,10-11,13H,5,9,12H2,1H3,(H,28,29,31). The Morgan fingerprint density at radius 2 is 1.94 bits per heavy atom. The van der Waals surface area contributed by atoms with Gasteiger partial charge in [0.15, 0.2) is 17.5 Å². The van der Waals surface area contributed by atoms with Gasteiger partial charge in [0.25, 0.3) is 0 Å². The molecule has 1 aliphatic carbocycles. The highest BCUT2D eigenvalue weighted by Crippen LogP contribution is 2.38. The van der Waals surface area contributed by atoms with Gasteiger partial charge in [0, 0.05) is 5.56 Å². The van der Waals surface area contributed by atoms with E-state index in [1.165, 1.54) is 17.4 Å². The van der Waals surface area contributed by atoms with Gasteiger partial charge in [-0.3, -0.25) is 4.79 Å². The smallest absolute Gasteiger partial charge is 0.230 e. The Balaban J connectivity index is 1.51. The minimum Gasteiger partial charge on any atom is -0.497 e. The number of carbonyl (C=O) groups is 1. The first kappa shape index (κ1) is 21.2. The normalized spacial score (nSPS) is 12.1. The van der Waals surface area contributed by atoms with Crippen molar-refractivity contribution in [1.82, 2.24) is 9.97 Å². The first-order chi connectivity index (χ1) is 16.0. The zero-order chi connectivity index (χ0) is 22.9. The number of hydrogen-bond donors (Lipinski definition) is 1. The van der Waals surface area contributed by atoms with Gasteiger partial charge in [-0.25, -0.2) is 18.7 Å². The van der Waals surface area contributed by atoms with Crippen LogP contribution in [0.1, 0.15) is 16.8 Å². The van der Waals surface area contributed by atoms with E-state index in [-0.39, 0.29) is 12.3 Å². The lowest BCUT2D eigenvalue weighted by Crippen LogP contribution is -2.19. The van der Waals surface area contributed by atoms with E-state index in [9.17, 15) is 13.6 Å². The summed E-state index contributed by atoms with van der Waals surface area (Å²) in [7, 11) is 1.64. The number of aromatic nitrogens is 2. The number of nitrogens with one attached hydrogen (secondary N) is 1. The number of amides is 1. The topological polar surface area (TPSA) is 64.1 Å². The van der Waals surface area contributed by atoms with E-state index in [4.69, 9.17) is 14.7 Å². The number of hydrogen-bond acceptors (Lipinski definition) is 5. The maximum atomic E-state index is 13.5. The molecule has 8 heteroatoms. The van der Waals surface area contributed by atoms with Crippen LogP contribution in [0.15, 0.2) is 53.9 Å². The molecule has 2 aromatic carbocycles. The van der Waals surface area contributed by atoms with Crippen molar-refractivity contribution in [1.29, 1.82) is 0 Å². The first-order valence-corrected chi connectivity index (χ1v) is 11.3. The molecule has 0 unspecified atom stereocenters. The van der Waals surface area contributed by atoms with Crippen molar-refractivity contribution in [3.05, 3.63) is 82.4 Å². The summed E-state index contributed by atoms with van der Waals surface area (Å²) in [5.41, 5.74) is 4.69. The molecule has 0 atom stereocenters. The average Bonchev–Trinajstić information content (AvgIpc) is 3.35. The van der Waals surface area contributed by atoms with E-state index in [0.717, 1.165) is 51.7 Å². The van der Waals surface area contributed by atoms with Crippen LogP contribution in [-0.4, -0.2) is 23.0 Å². The Hall–Kier alpha value is -3.65. The summed E-state index contributed by atoms with van der Waals surface area (Å²) in [5, 5.41) is 4.76. The summed E-state index contributed by atoms with van der Waals surface area (Å²) in [5.74, 6) is -1.15. The van der Waals surface area contributed by atoms with Gasteiger partial charge < -0.3 is 10.1 Å². The van der Waals surface area contributed by atoms with Crippen LogP contribution in [0.5, 0.6) is 5.75 Å². The van der Waals surface area contributed by atoms with Crippen molar-refractivity contribution in [3.8, 4) is 27.6 Å². The van der Waals surface area contributed by atoms with Crippen LogP contribution < -0.4 is 10.1 Å². The van der Waals surface area contributed by atoms with Gasteiger partial charge in [-0.05, 0) is 65.7 Å². The van der Waals surface area contributed by atoms with Gasteiger partial charge in [-0.15, -0.1) is 11.3 Å². The largest absolute Gasteiger partial charge is 0.497 e. The van der Waals surface area contributed by atoms with Crippen LogP contribution in [0, 0.1) is 11.6 Å². The number of anilines is 1. The van der Waals surface area contributed by atoms with Crippen LogP contribution in [0.25, 0.3) is 21.8 Å². The number of thiophene rings is 1. The molecule has 1 aliphatic rings. The number of ether oxygens (including phenoxy) is 1. The number of aryl methyl sites for hydroxylation is 2. The van der Waals surface area contributed by atoms with Gasteiger partial charge in [0.05, 0.1) is 29.8 Å². The van der Waals surface area contributed by atoms with Crippen molar-refractivity contribution in [2.24, 2.45) is 0 Å². The molecule has 2 heterocycles. The van der Waals surface area contributed by atoms with Crippen LogP contribution >= 0.6 is 11.3 Å². The highest BCUT2D eigenvalue weighted by Gasteiger charge is 2.24. The van der Waals surface area contributed by atoms with Crippen LogP contribution in [0.3, 0.4) is 0 Å². The molecule has 0 spiro atoms. The van der Waals surface area contributed by atoms with Crippen molar-refractivity contribution < 1.29 is 18.3 Å². The van der Waals surface area contributed by atoms with Crippen molar-refractivity contribution >= 4 is 23.1 Å².